The number of phosphoric acid groups is 1. The number of nitrogens with two attached hydrogens (primary N) is 1. The topological polar surface area (TPSA) is 237 Å². The molecule has 324 valence electrons. The zero-order chi connectivity index (χ0) is 42.3. The van der Waals surface area contributed by atoms with Crippen LogP contribution in [0.1, 0.15) is 133 Å². The van der Waals surface area contributed by atoms with E-state index >= 15 is 0 Å². The van der Waals surface area contributed by atoms with E-state index in [1.54, 1.807) is 30.3 Å². The lowest BCUT2D eigenvalue weighted by atomic mass is 10.0. The third kappa shape index (κ3) is 11.6. The second-order valence-electron chi connectivity index (χ2n) is 15.6. The summed E-state index contributed by atoms with van der Waals surface area (Å²) >= 11 is 0. The molecule has 5 rings (SSSR count). The van der Waals surface area contributed by atoms with E-state index in [4.69, 9.17) is 33.7 Å². The van der Waals surface area contributed by atoms with E-state index in [1.807, 2.05) is 6.07 Å². The number of hydrogen-bond acceptors (Lipinski definition) is 14. The van der Waals surface area contributed by atoms with Crippen molar-refractivity contribution in [2.24, 2.45) is 0 Å². The molecule has 1 aliphatic carbocycles. The molecule has 2 aliphatic rings. The Morgan fingerprint density at radius 3 is 2.20 bits per heavy atom. The molecule has 16 nitrogen and oxygen atoms in total. The SMILES string of the molecule is CCCCCCCCCCCCCCCCCCOCC(COP(=O)(O)OC1C2(C#N)OC(c3ccc4c(N)ncnn34)C(O)C12O)OCc1ccc(C#N)cc1OC. The van der Waals surface area contributed by atoms with Gasteiger partial charge in [-0.15, -0.1) is 0 Å². The average molecular weight is 841 g/mol. The number of fused-ring (bicyclic) bond motifs is 2. The molecule has 1 saturated carbocycles. The van der Waals surface area contributed by atoms with E-state index in [0.29, 0.717) is 29.0 Å². The van der Waals surface area contributed by atoms with Crippen molar-refractivity contribution in [1.29, 1.82) is 10.5 Å². The monoisotopic (exact) mass is 840 g/mol. The van der Waals surface area contributed by atoms with Crippen molar-refractivity contribution in [3.63, 3.8) is 0 Å². The third-order valence-electron chi connectivity index (χ3n) is 11.3. The fraction of sp³-hybridized carbons (Fsp3) is 0.667. The molecule has 1 aliphatic heterocycles. The highest BCUT2D eigenvalue weighted by Gasteiger charge is 2.90. The van der Waals surface area contributed by atoms with Crippen molar-refractivity contribution in [2.45, 2.75) is 152 Å². The number of phosphoric ester groups is 1. The summed E-state index contributed by atoms with van der Waals surface area (Å²) < 4.78 is 48.5. The number of anilines is 1. The number of benzene rings is 1. The van der Waals surface area contributed by atoms with Gasteiger partial charge in [0.25, 0.3) is 0 Å². The summed E-state index contributed by atoms with van der Waals surface area (Å²) in [7, 11) is -3.51. The molecule has 0 spiro atoms. The molecule has 59 heavy (non-hydrogen) atoms. The molecule has 3 heterocycles. The van der Waals surface area contributed by atoms with Crippen LogP contribution in [0.15, 0.2) is 36.7 Å². The van der Waals surface area contributed by atoms with Crippen molar-refractivity contribution in [1.82, 2.24) is 14.6 Å². The maximum Gasteiger partial charge on any atom is 0.472 e. The van der Waals surface area contributed by atoms with Crippen LogP contribution in [-0.4, -0.2) is 86.1 Å². The van der Waals surface area contributed by atoms with Crippen LogP contribution < -0.4 is 10.5 Å². The Bertz CT molecular complexity index is 1920. The van der Waals surface area contributed by atoms with Crippen molar-refractivity contribution in [3.8, 4) is 17.9 Å². The molecule has 7 atom stereocenters. The maximum atomic E-state index is 13.3. The van der Waals surface area contributed by atoms with Crippen LogP contribution in [0.5, 0.6) is 5.75 Å². The summed E-state index contributed by atoms with van der Waals surface area (Å²) in [5.74, 6) is 0.603. The number of rotatable bonds is 29. The normalized spacial score (nSPS) is 23.7. The minimum Gasteiger partial charge on any atom is -0.496 e. The summed E-state index contributed by atoms with van der Waals surface area (Å²) in [6, 6.07) is 11.9. The van der Waals surface area contributed by atoms with E-state index in [1.165, 1.54) is 101 Å². The minimum absolute atomic E-state index is 0.00817. The van der Waals surface area contributed by atoms with Crippen LogP contribution in [0, 0.1) is 22.7 Å². The number of aliphatic hydroxyl groups excluding tert-OH is 1. The number of ether oxygens (including phenoxy) is 4. The molecule has 2 fully saturated rings. The lowest BCUT2D eigenvalue weighted by Crippen LogP contribution is -2.35. The van der Waals surface area contributed by atoms with Crippen LogP contribution in [0.2, 0.25) is 0 Å². The Morgan fingerprint density at radius 1 is 0.966 bits per heavy atom. The quantitative estimate of drug-likeness (QED) is 0.0407. The number of methoxy groups -OCH3 is 1. The molecule has 0 amide bonds. The molecule has 1 aromatic carbocycles. The standard InChI is InChI=1S/C42H61N6O10P/c1-3-4-5-6-7-8-9-10-11-12-13-14-15-16-17-18-23-54-27-33(55-26-32-20-19-31(25-43)24-36(32)53-2)28-56-59(51,52)58-40-41(29-44)42(40,50)38(49)37(57-41)34-21-22-35-39(45)46-30-47-48(34)35/h19-22,24,30,33,37-38,40,49-50H,3-18,23,26-28H2,1-2H3,(H,51,52)(H2,45,46,47). The van der Waals surface area contributed by atoms with Crippen molar-refractivity contribution in [2.75, 3.05) is 32.7 Å². The first-order valence-electron chi connectivity index (χ1n) is 21.0. The van der Waals surface area contributed by atoms with Gasteiger partial charge in [-0.2, -0.15) is 15.6 Å². The third-order valence-corrected chi connectivity index (χ3v) is 12.3. The van der Waals surface area contributed by atoms with E-state index in [-0.39, 0.29) is 24.7 Å². The molecular formula is C42H61N6O10P. The molecule has 0 bridgehead atoms. The van der Waals surface area contributed by atoms with Gasteiger partial charge in [0.1, 0.15) is 42.0 Å². The summed E-state index contributed by atoms with van der Waals surface area (Å²) in [5.41, 5.74) is 3.11. The van der Waals surface area contributed by atoms with Gasteiger partial charge in [-0.1, -0.05) is 109 Å². The number of aromatic nitrogens is 3. The Balaban J connectivity index is 1.07. The molecule has 0 radical (unpaired) electrons. The van der Waals surface area contributed by atoms with Crippen molar-refractivity contribution >= 4 is 19.2 Å². The van der Waals surface area contributed by atoms with E-state index in [9.17, 15) is 30.2 Å². The minimum atomic E-state index is -4.99. The van der Waals surface area contributed by atoms with Crippen molar-refractivity contribution in [3.05, 3.63) is 53.5 Å². The Morgan fingerprint density at radius 2 is 1.61 bits per heavy atom. The number of nitrogens with zero attached hydrogens (tertiary/aromatic N) is 5. The second-order valence-corrected chi connectivity index (χ2v) is 17.0. The highest BCUT2D eigenvalue weighted by Crippen LogP contribution is 2.68. The van der Waals surface area contributed by atoms with Crippen LogP contribution in [0.3, 0.4) is 0 Å². The number of nitriles is 2. The van der Waals surface area contributed by atoms with Crippen LogP contribution >= 0.6 is 7.82 Å². The summed E-state index contributed by atoms with van der Waals surface area (Å²) in [5, 5.41) is 46.1. The van der Waals surface area contributed by atoms with E-state index < -0.39 is 50.0 Å². The zero-order valence-corrected chi connectivity index (χ0v) is 35.3. The molecule has 2 aromatic heterocycles. The predicted molar refractivity (Wildman–Crippen MR) is 218 cm³/mol. The fourth-order valence-electron chi connectivity index (χ4n) is 7.78. The van der Waals surface area contributed by atoms with Gasteiger partial charge >= 0.3 is 7.82 Å². The largest absolute Gasteiger partial charge is 0.496 e. The maximum absolute atomic E-state index is 13.3. The second kappa shape index (κ2) is 22.3. The van der Waals surface area contributed by atoms with Crippen LogP contribution in [-0.2, 0) is 34.4 Å². The molecule has 5 N–H and O–H groups in total. The van der Waals surface area contributed by atoms with Gasteiger partial charge < -0.3 is 39.8 Å². The zero-order valence-electron chi connectivity index (χ0n) is 34.4. The van der Waals surface area contributed by atoms with Crippen LogP contribution in [0.25, 0.3) is 5.52 Å². The average Bonchev–Trinajstić information content (AvgIpc) is 3.46. The first kappa shape index (κ1) is 46.4. The van der Waals surface area contributed by atoms with Crippen LogP contribution in [0.4, 0.5) is 5.82 Å². The first-order chi connectivity index (χ1) is 28.5. The smallest absolute Gasteiger partial charge is 0.472 e. The lowest BCUT2D eigenvalue weighted by Gasteiger charge is -2.24. The summed E-state index contributed by atoms with van der Waals surface area (Å²) in [4.78, 5) is 14.7. The van der Waals surface area contributed by atoms with E-state index in [2.05, 4.69) is 23.1 Å². The summed E-state index contributed by atoms with van der Waals surface area (Å²) in [6.07, 6.45) is 15.8. The van der Waals surface area contributed by atoms with E-state index in [0.717, 1.165) is 19.3 Å². The van der Waals surface area contributed by atoms with Crippen molar-refractivity contribution < 1.29 is 47.7 Å². The van der Waals surface area contributed by atoms with Gasteiger partial charge in [-0.05, 0) is 30.7 Å². The van der Waals surface area contributed by atoms with Gasteiger partial charge in [0, 0.05) is 12.2 Å². The molecular weight excluding hydrogens is 779 g/mol. The number of nitrogen functional groups attached to an aromatic ring is 1. The van der Waals surface area contributed by atoms with Gasteiger partial charge in [0.2, 0.25) is 5.60 Å². The fourth-order valence-corrected chi connectivity index (χ4v) is 8.77. The predicted octanol–water partition coefficient (Wildman–Crippen LogP) is 7.00. The molecule has 3 aromatic rings. The van der Waals surface area contributed by atoms with Gasteiger partial charge in [-0.25, -0.2) is 14.1 Å². The number of aliphatic hydroxyl groups is 2. The Kier molecular flexibility index (Phi) is 17.5. The molecule has 17 heteroatoms. The highest BCUT2D eigenvalue weighted by molar-refractivity contribution is 7.47. The van der Waals surface area contributed by atoms with Gasteiger partial charge in [0.05, 0.1) is 44.3 Å². The Labute approximate surface area is 347 Å². The first-order valence-corrected chi connectivity index (χ1v) is 22.5. The van der Waals surface area contributed by atoms with Gasteiger partial charge in [-0.3, -0.25) is 9.05 Å². The Hall–Kier alpha value is -3.67. The molecule has 7 unspecified atom stereocenters. The highest BCUT2D eigenvalue weighted by atomic mass is 31.2. The summed E-state index contributed by atoms with van der Waals surface area (Å²) in [6.45, 7) is 2.28. The number of hydrogen-bond donors (Lipinski definition) is 4. The lowest BCUT2D eigenvalue weighted by molar-refractivity contribution is -0.0795. The van der Waals surface area contributed by atoms with Gasteiger partial charge in [0.15, 0.2) is 17.5 Å². The molecule has 1 saturated heterocycles. The number of unbranched alkanes of at least 4 members (excludes halogenated alkanes) is 15.